The highest BCUT2D eigenvalue weighted by Crippen LogP contribution is 2.39. The lowest BCUT2D eigenvalue weighted by Gasteiger charge is -2.23. The average molecular weight is 437 g/mol. The van der Waals surface area contributed by atoms with Crippen molar-refractivity contribution in [2.45, 2.75) is 32.5 Å². The fourth-order valence-corrected chi connectivity index (χ4v) is 4.88. The number of hydrogen-bond donors (Lipinski definition) is 0. The smallest absolute Gasteiger partial charge is 0.332 e. The van der Waals surface area contributed by atoms with Crippen LogP contribution in [0, 0.1) is 11.2 Å². The number of nitrogens with zero attached hydrogens (tertiary/aromatic N) is 5. The molecule has 1 atom stereocenters. The summed E-state index contributed by atoms with van der Waals surface area (Å²) in [6.45, 7) is 3.05. The standard InChI is InChI=1S/C23H24FN5O3/c1-32-20-17(3-2-9-25-20)13-27-10-8-23(14-27)11-19-26-29(22(31)21(30)28(19)15-23)12-16-4-6-18(24)7-5-16/h2-7,9H,8,10-15H2,1H3. The number of methoxy groups -OCH3 is 1. The molecule has 1 aromatic carbocycles. The zero-order valence-electron chi connectivity index (χ0n) is 17.8. The molecule has 1 saturated heterocycles. The van der Waals surface area contributed by atoms with Crippen LogP contribution in [0.1, 0.15) is 23.4 Å². The van der Waals surface area contributed by atoms with E-state index in [0.717, 1.165) is 37.2 Å². The summed E-state index contributed by atoms with van der Waals surface area (Å²) in [7, 11) is 1.62. The minimum absolute atomic E-state index is 0.115. The van der Waals surface area contributed by atoms with Crippen LogP contribution in [-0.2, 0) is 26.1 Å². The number of fused-ring (bicyclic) bond motifs is 1. The predicted molar refractivity (Wildman–Crippen MR) is 115 cm³/mol. The Hall–Kier alpha value is -3.33. The van der Waals surface area contributed by atoms with E-state index in [-0.39, 0.29) is 17.8 Å². The van der Waals surface area contributed by atoms with E-state index in [9.17, 15) is 14.0 Å². The van der Waals surface area contributed by atoms with Crippen molar-refractivity contribution >= 4 is 0 Å². The summed E-state index contributed by atoms with van der Waals surface area (Å²) in [6, 6.07) is 9.76. The van der Waals surface area contributed by atoms with Crippen LogP contribution in [-0.4, -0.2) is 44.4 Å². The molecule has 1 fully saturated rings. The molecular weight excluding hydrogens is 413 g/mol. The van der Waals surface area contributed by atoms with Gasteiger partial charge in [-0.15, -0.1) is 0 Å². The van der Waals surface area contributed by atoms with E-state index in [2.05, 4.69) is 15.0 Å². The molecule has 9 heteroatoms. The molecule has 0 bridgehead atoms. The summed E-state index contributed by atoms with van der Waals surface area (Å²) in [4.78, 5) is 32.1. The molecular formula is C23H24FN5O3. The topological polar surface area (TPSA) is 82.2 Å². The first-order valence-electron chi connectivity index (χ1n) is 10.6. The van der Waals surface area contributed by atoms with Gasteiger partial charge in [0.25, 0.3) is 0 Å². The molecule has 0 saturated carbocycles. The number of benzene rings is 1. The number of hydrogen-bond acceptors (Lipinski definition) is 6. The van der Waals surface area contributed by atoms with Gasteiger partial charge in [0.15, 0.2) is 0 Å². The van der Waals surface area contributed by atoms with Gasteiger partial charge in [-0.1, -0.05) is 18.2 Å². The van der Waals surface area contributed by atoms with Crippen LogP contribution in [0.2, 0.25) is 0 Å². The lowest BCUT2D eigenvalue weighted by molar-refractivity contribution is 0.243. The summed E-state index contributed by atoms with van der Waals surface area (Å²) in [6.07, 6.45) is 3.28. The van der Waals surface area contributed by atoms with E-state index in [1.165, 1.54) is 21.4 Å². The lowest BCUT2D eigenvalue weighted by atomic mass is 9.86. The summed E-state index contributed by atoms with van der Waals surface area (Å²) < 4.78 is 21.3. The number of halogens is 1. The van der Waals surface area contributed by atoms with Gasteiger partial charge in [-0.2, -0.15) is 5.10 Å². The van der Waals surface area contributed by atoms with Gasteiger partial charge in [0.05, 0.1) is 13.7 Å². The molecule has 0 aliphatic carbocycles. The van der Waals surface area contributed by atoms with Gasteiger partial charge in [0, 0.05) is 43.2 Å². The van der Waals surface area contributed by atoms with Gasteiger partial charge in [0.2, 0.25) is 5.88 Å². The van der Waals surface area contributed by atoms with Crippen molar-refractivity contribution in [2.75, 3.05) is 20.2 Å². The monoisotopic (exact) mass is 437 g/mol. The predicted octanol–water partition coefficient (Wildman–Crippen LogP) is 1.44. The fourth-order valence-electron chi connectivity index (χ4n) is 4.88. The van der Waals surface area contributed by atoms with Crippen LogP contribution < -0.4 is 15.9 Å². The molecule has 0 amide bonds. The second-order valence-corrected chi connectivity index (χ2v) is 8.71. The number of aromatic nitrogens is 4. The average Bonchev–Trinajstić information content (AvgIpc) is 3.36. The molecule has 0 N–H and O–H groups in total. The number of rotatable bonds is 5. The molecule has 2 aliphatic heterocycles. The highest BCUT2D eigenvalue weighted by molar-refractivity contribution is 5.25. The van der Waals surface area contributed by atoms with E-state index in [1.807, 2.05) is 12.1 Å². The number of pyridine rings is 1. The maximum atomic E-state index is 13.2. The normalized spacial score (nSPS) is 20.1. The van der Waals surface area contributed by atoms with Gasteiger partial charge in [-0.3, -0.25) is 19.1 Å². The minimum Gasteiger partial charge on any atom is -0.481 e. The molecule has 8 nitrogen and oxygen atoms in total. The first-order chi connectivity index (χ1) is 15.5. The van der Waals surface area contributed by atoms with Crippen LogP contribution in [0.3, 0.4) is 0 Å². The largest absolute Gasteiger partial charge is 0.481 e. The molecule has 2 aromatic heterocycles. The lowest BCUT2D eigenvalue weighted by Crippen LogP contribution is -2.43. The van der Waals surface area contributed by atoms with Gasteiger partial charge >= 0.3 is 11.1 Å². The molecule has 1 unspecified atom stereocenters. The summed E-state index contributed by atoms with van der Waals surface area (Å²) in [5, 5.41) is 4.51. The highest BCUT2D eigenvalue weighted by Gasteiger charge is 2.44. The Bertz CT molecular complexity index is 1270. The van der Waals surface area contributed by atoms with E-state index < -0.39 is 11.1 Å². The Balaban J connectivity index is 1.35. The molecule has 166 valence electrons. The van der Waals surface area contributed by atoms with Crippen molar-refractivity contribution in [3.8, 4) is 5.88 Å². The second-order valence-electron chi connectivity index (χ2n) is 8.71. The zero-order chi connectivity index (χ0) is 22.3. The van der Waals surface area contributed by atoms with Crippen LogP contribution in [0.15, 0.2) is 52.2 Å². The van der Waals surface area contributed by atoms with E-state index in [1.54, 1.807) is 25.4 Å². The van der Waals surface area contributed by atoms with E-state index >= 15 is 0 Å². The van der Waals surface area contributed by atoms with Crippen molar-refractivity contribution in [2.24, 2.45) is 5.41 Å². The molecule has 5 rings (SSSR count). The molecule has 3 aromatic rings. The van der Waals surface area contributed by atoms with Crippen molar-refractivity contribution < 1.29 is 9.13 Å². The van der Waals surface area contributed by atoms with Crippen molar-refractivity contribution in [3.05, 3.63) is 86.1 Å². The Morgan fingerprint density at radius 3 is 2.69 bits per heavy atom. The maximum Gasteiger partial charge on any atom is 0.332 e. The van der Waals surface area contributed by atoms with Crippen LogP contribution in [0.25, 0.3) is 0 Å². The quantitative estimate of drug-likeness (QED) is 0.562. The molecule has 32 heavy (non-hydrogen) atoms. The SMILES string of the molecule is COc1ncccc1CN1CCC2(Cc3nn(Cc4ccc(F)cc4)c(=O)c(=O)n3C2)C1. The minimum atomic E-state index is -0.648. The zero-order valence-corrected chi connectivity index (χ0v) is 17.8. The van der Waals surface area contributed by atoms with Crippen molar-refractivity contribution in [3.63, 3.8) is 0 Å². The Kier molecular flexibility index (Phi) is 5.13. The van der Waals surface area contributed by atoms with E-state index in [0.29, 0.717) is 24.7 Å². The molecule has 4 heterocycles. The Morgan fingerprint density at radius 1 is 1.09 bits per heavy atom. The summed E-state index contributed by atoms with van der Waals surface area (Å²) in [5.41, 5.74) is 0.439. The van der Waals surface area contributed by atoms with Crippen molar-refractivity contribution in [1.82, 2.24) is 24.2 Å². The molecule has 1 spiro atoms. The third-order valence-electron chi connectivity index (χ3n) is 6.44. The Morgan fingerprint density at radius 2 is 1.91 bits per heavy atom. The van der Waals surface area contributed by atoms with Gasteiger partial charge < -0.3 is 4.74 Å². The summed E-state index contributed by atoms with van der Waals surface area (Å²) in [5.74, 6) is 0.913. The maximum absolute atomic E-state index is 13.2. The second kappa shape index (κ2) is 7.98. The van der Waals surface area contributed by atoms with Crippen LogP contribution in [0.5, 0.6) is 5.88 Å². The molecule has 2 aliphatic rings. The third-order valence-corrected chi connectivity index (χ3v) is 6.44. The van der Waals surface area contributed by atoms with E-state index in [4.69, 9.17) is 4.74 Å². The Labute approximate surface area is 183 Å². The number of ether oxygens (including phenoxy) is 1. The molecule has 0 radical (unpaired) electrons. The summed E-state index contributed by atoms with van der Waals surface area (Å²) >= 11 is 0. The number of likely N-dealkylation sites (tertiary alicyclic amines) is 1. The van der Waals surface area contributed by atoms with Crippen molar-refractivity contribution in [1.29, 1.82) is 0 Å². The first kappa shape index (κ1) is 20.6. The van der Waals surface area contributed by atoms with Gasteiger partial charge in [-0.05, 0) is 36.7 Å². The van der Waals surface area contributed by atoms with Gasteiger partial charge in [-0.25, -0.2) is 14.1 Å². The fraction of sp³-hybridized carbons (Fsp3) is 0.391. The third kappa shape index (κ3) is 3.73. The first-order valence-corrected chi connectivity index (χ1v) is 10.6. The highest BCUT2D eigenvalue weighted by atomic mass is 19.1. The van der Waals surface area contributed by atoms with Crippen LogP contribution >= 0.6 is 0 Å². The van der Waals surface area contributed by atoms with Crippen LogP contribution in [0.4, 0.5) is 4.39 Å². The van der Waals surface area contributed by atoms with Gasteiger partial charge in [0.1, 0.15) is 11.6 Å².